The Hall–Kier alpha value is -3.01. The lowest BCUT2D eigenvalue weighted by atomic mass is 9.80. The van der Waals surface area contributed by atoms with E-state index in [1.165, 1.54) is 6.92 Å². The number of rotatable bonds is 3. The Labute approximate surface area is 140 Å². The fourth-order valence-corrected chi connectivity index (χ4v) is 3.04. The zero-order valence-electron chi connectivity index (χ0n) is 13.5. The van der Waals surface area contributed by atoms with Gasteiger partial charge >= 0.3 is 0 Å². The van der Waals surface area contributed by atoms with E-state index in [-0.39, 0.29) is 17.5 Å². The van der Waals surface area contributed by atoms with Gasteiger partial charge < -0.3 is 5.32 Å². The molecule has 2 aromatic rings. The van der Waals surface area contributed by atoms with E-state index in [0.29, 0.717) is 22.3 Å². The van der Waals surface area contributed by atoms with Crippen molar-refractivity contribution in [3.63, 3.8) is 0 Å². The third-order valence-electron chi connectivity index (χ3n) is 4.17. The molecule has 4 heteroatoms. The van der Waals surface area contributed by atoms with Gasteiger partial charge in [0.25, 0.3) is 0 Å². The highest BCUT2D eigenvalue weighted by Crippen LogP contribution is 2.33. The molecule has 1 amide bonds. The summed E-state index contributed by atoms with van der Waals surface area (Å²) >= 11 is 0. The lowest BCUT2D eigenvalue weighted by Gasteiger charge is -2.26. The Morgan fingerprint density at radius 2 is 1.42 bits per heavy atom. The number of amides is 1. The molecule has 24 heavy (non-hydrogen) atoms. The van der Waals surface area contributed by atoms with Crippen molar-refractivity contribution < 1.29 is 14.4 Å². The normalized spacial score (nSPS) is 15.1. The number of allylic oxidation sites excluding steroid dienone is 1. The summed E-state index contributed by atoms with van der Waals surface area (Å²) in [6, 6.07) is 15.3. The summed E-state index contributed by atoms with van der Waals surface area (Å²) in [4.78, 5) is 37.4. The monoisotopic (exact) mass is 319 g/mol. The number of Topliss-reactive ketones (excluding diaryl/α,β-unsaturated/α-hetero) is 2. The van der Waals surface area contributed by atoms with Gasteiger partial charge in [0, 0.05) is 29.2 Å². The first-order valence-electron chi connectivity index (χ1n) is 7.72. The minimum atomic E-state index is -0.645. The number of carbonyl (C=O) groups excluding carboxylic acids is 3. The molecule has 4 nitrogen and oxygen atoms in total. The van der Waals surface area contributed by atoms with E-state index < -0.39 is 6.04 Å². The number of fused-ring (bicyclic) bond motifs is 1. The Morgan fingerprint density at radius 3 is 2.00 bits per heavy atom. The fourth-order valence-electron chi connectivity index (χ4n) is 3.04. The SMILES string of the molecule is CC(=O)NC(C1=C(C)C(=O)c2ccccc2C1=O)c1ccccc1. The summed E-state index contributed by atoms with van der Waals surface area (Å²) in [5.74, 6) is -0.653. The predicted molar refractivity (Wildman–Crippen MR) is 90.8 cm³/mol. The number of nitrogens with one attached hydrogen (secondary N) is 1. The largest absolute Gasteiger partial charge is 0.345 e. The summed E-state index contributed by atoms with van der Waals surface area (Å²) in [6.45, 7) is 3.04. The molecule has 0 fully saturated rings. The molecule has 1 atom stereocenters. The van der Waals surface area contributed by atoms with Crippen molar-refractivity contribution >= 4 is 17.5 Å². The molecule has 0 spiro atoms. The highest BCUT2D eigenvalue weighted by molar-refractivity contribution is 6.27. The third kappa shape index (κ3) is 2.67. The first-order valence-corrected chi connectivity index (χ1v) is 7.72. The highest BCUT2D eigenvalue weighted by Gasteiger charge is 2.34. The van der Waals surface area contributed by atoms with Gasteiger partial charge in [0.2, 0.25) is 5.91 Å². The zero-order chi connectivity index (χ0) is 17.3. The maximum atomic E-state index is 13.0. The second-order valence-electron chi connectivity index (χ2n) is 5.79. The average molecular weight is 319 g/mol. The second kappa shape index (κ2) is 6.24. The molecule has 2 aromatic carbocycles. The number of hydrogen-bond acceptors (Lipinski definition) is 3. The number of carbonyl (C=O) groups is 3. The Balaban J connectivity index is 2.17. The maximum Gasteiger partial charge on any atom is 0.217 e. The summed E-state index contributed by atoms with van der Waals surface area (Å²) in [7, 11) is 0. The van der Waals surface area contributed by atoms with Crippen LogP contribution in [-0.2, 0) is 4.79 Å². The van der Waals surface area contributed by atoms with Crippen molar-refractivity contribution in [2.45, 2.75) is 19.9 Å². The molecule has 1 N–H and O–H groups in total. The van der Waals surface area contributed by atoms with Crippen molar-refractivity contribution in [3.8, 4) is 0 Å². The number of ketones is 2. The third-order valence-corrected chi connectivity index (χ3v) is 4.17. The maximum absolute atomic E-state index is 13.0. The van der Waals surface area contributed by atoms with Crippen molar-refractivity contribution in [3.05, 3.63) is 82.4 Å². The minimum Gasteiger partial charge on any atom is -0.345 e. The lowest BCUT2D eigenvalue weighted by Crippen LogP contribution is -2.34. The van der Waals surface area contributed by atoms with Gasteiger partial charge in [-0.05, 0) is 12.5 Å². The molecule has 0 saturated heterocycles. The summed E-state index contributed by atoms with van der Waals surface area (Å²) in [5, 5.41) is 2.81. The zero-order valence-corrected chi connectivity index (χ0v) is 13.5. The lowest BCUT2D eigenvalue weighted by molar-refractivity contribution is -0.119. The summed E-state index contributed by atoms with van der Waals surface area (Å²) < 4.78 is 0. The molecule has 1 aliphatic rings. The quantitative estimate of drug-likeness (QED) is 0.944. The first kappa shape index (κ1) is 15.9. The Bertz CT molecular complexity index is 865. The standard InChI is InChI=1S/C20H17NO3/c1-12-17(18(21-13(2)22)14-8-4-3-5-9-14)20(24)16-11-7-6-10-15(16)19(12)23/h3-11,18H,1-2H3,(H,21,22). The number of benzene rings is 2. The van der Waals surface area contributed by atoms with E-state index >= 15 is 0 Å². The Kier molecular flexibility index (Phi) is 4.13. The van der Waals surface area contributed by atoms with Crippen LogP contribution in [0.1, 0.15) is 46.2 Å². The van der Waals surface area contributed by atoms with Crippen LogP contribution in [0.15, 0.2) is 65.7 Å². The van der Waals surface area contributed by atoms with E-state index in [2.05, 4.69) is 5.32 Å². The molecular weight excluding hydrogens is 302 g/mol. The fraction of sp³-hybridized carbons (Fsp3) is 0.150. The number of hydrogen-bond donors (Lipinski definition) is 1. The summed E-state index contributed by atoms with van der Waals surface area (Å²) in [6.07, 6.45) is 0. The van der Waals surface area contributed by atoms with Crippen molar-refractivity contribution in [1.29, 1.82) is 0 Å². The first-order chi connectivity index (χ1) is 11.5. The van der Waals surface area contributed by atoms with Crippen LogP contribution in [0.25, 0.3) is 0 Å². The average Bonchev–Trinajstić information content (AvgIpc) is 2.59. The second-order valence-corrected chi connectivity index (χ2v) is 5.79. The van der Waals surface area contributed by atoms with E-state index in [1.54, 1.807) is 31.2 Å². The van der Waals surface area contributed by atoms with Crippen molar-refractivity contribution in [2.24, 2.45) is 0 Å². The molecule has 120 valence electrons. The molecule has 3 rings (SSSR count). The van der Waals surface area contributed by atoms with Crippen molar-refractivity contribution in [1.82, 2.24) is 5.32 Å². The van der Waals surface area contributed by atoms with Crippen LogP contribution in [0.5, 0.6) is 0 Å². The van der Waals surface area contributed by atoms with Crippen molar-refractivity contribution in [2.75, 3.05) is 0 Å². The van der Waals surface area contributed by atoms with Gasteiger partial charge in [-0.3, -0.25) is 14.4 Å². The van der Waals surface area contributed by atoms with Gasteiger partial charge in [-0.2, -0.15) is 0 Å². The predicted octanol–water partition coefficient (Wildman–Crippen LogP) is 3.26. The summed E-state index contributed by atoms with van der Waals surface area (Å²) in [5.41, 5.74) is 2.27. The van der Waals surface area contributed by atoms with E-state index in [0.717, 1.165) is 5.56 Å². The van der Waals surface area contributed by atoms with Crippen LogP contribution in [0.4, 0.5) is 0 Å². The smallest absolute Gasteiger partial charge is 0.217 e. The van der Waals surface area contributed by atoms with Crippen LogP contribution in [-0.4, -0.2) is 17.5 Å². The molecule has 1 unspecified atom stereocenters. The Morgan fingerprint density at radius 1 is 0.875 bits per heavy atom. The molecule has 0 radical (unpaired) electrons. The van der Waals surface area contributed by atoms with Gasteiger partial charge in [-0.1, -0.05) is 54.6 Å². The van der Waals surface area contributed by atoms with Gasteiger partial charge in [0.15, 0.2) is 11.6 Å². The highest BCUT2D eigenvalue weighted by atomic mass is 16.2. The molecule has 1 aliphatic carbocycles. The van der Waals surface area contributed by atoms with Gasteiger partial charge in [0.1, 0.15) is 0 Å². The van der Waals surface area contributed by atoms with E-state index in [1.807, 2.05) is 30.3 Å². The van der Waals surface area contributed by atoms with Crippen LogP contribution >= 0.6 is 0 Å². The van der Waals surface area contributed by atoms with E-state index in [9.17, 15) is 14.4 Å². The van der Waals surface area contributed by atoms with Gasteiger partial charge in [-0.15, -0.1) is 0 Å². The molecule has 0 aromatic heterocycles. The molecule has 0 aliphatic heterocycles. The van der Waals surface area contributed by atoms with Gasteiger partial charge in [0.05, 0.1) is 6.04 Å². The molecule has 0 heterocycles. The van der Waals surface area contributed by atoms with E-state index in [4.69, 9.17) is 0 Å². The van der Waals surface area contributed by atoms with Crippen LogP contribution in [0.2, 0.25) is 0 Å². The molecule has 0 saturated carbocycles. The minimum absolute atomic E-state index is 0.175. The van der Waals surface area contributed by atoms with Crippen LogP contribution < -0.4 is 5.32 Å². The topological polar surface area (TPSA) is 63.2 Å². The van der Waals surface area contributed by atoms with Gasteiger partial charge in [-0.25, -0.2) is 0 Å². The van der Waals surface area contributed by atoms with Crippen LogP contribution in [0.3, 0.4) is 0 Å². The van der Waals surface area contributed by atoms with Crippen LogP contribution in [0, 0.1) is 0 Å². The molecular formula is C20H17NO3. The molecule has 0 bridgehead atoms.